The van der Waals surface area contributed by atoms with Crippen LogP contribution >= 0.6 is 0 Å². The maximum Gasteiger partial charge on any atom is 0.150 e. The zero-order valence-electron chi connectivity index (χ0n) is 11.4. The Labute approximate surface area is 109 Å². The summed E-state index contributed by atoms with van der Waals surface area (Å²) in [6, 6.07) is 0.281. The molecule has 0 radical (unpaired) electrons. The molecule has 0 saturated carbocycles. The van der Waals surface area contributed by atoms with Gasteiger partial charge in [0.2, 0.25) is 0 Å². The SMILES string of the molecule is CCNC(C)c1cnn(CCCS(=O)(=O)CC)c1. The number of nitrogens with one attached hydrogen (secondary N) is 1. The summed E-state index contributed by atoms with van der Waals surface area (Å²) in [6.07, 6.45) is 4.43. The van der Waals surface area contributed by atoms with Crippen molar-refractivity contribution in [2.24, 2.45) is 0 Å². The third-order valence-corrected chi connectivity index (χ3v) is 4.74. The van der Waals surface area contributed by atoms with E-state index in [4.69, 9.17) is 0 Å². The smallest absolute Gasteiger partial charge is 0.150 e. The third-order valence-electron chi connectivity index (χ3n) is 2.95. The van der Waals surface area contributed by atoms with E-state index in [1.54, 1.807) is 6.92 Å². The van der Waals surface area contributed by atoms with Gasteiger partial charge >= 0.3 is 0 Å². The molecule has 1 rings (SSSR count). The molecule has 0 aliphatic rings. The number of hydrogen-bond donors (Lipinski definition) is 1. The van der Waals surface area contributed by atoms with Crippen LogP contribution in [0.2, 0.25) is 0 Å². The van der Waals surface area contributed by atoms with Crippen molar-refractivity contribution < 1.29 is 8.42 Å². The van der Waals surface area contributed by atoms with Crippen molar-refractivity contribution in [2.75, 3.05) is 18.1 Å². The van der Waals surface area contributed by atoms with Crippen molar-refractivity contribution >= 4 is 9.84 Å². The second kappa shape index (κ2) is 6.89. The fourth-order valence-electron chi connectivity index (χ4n) is 1.74. The van der Waals surface area contributed by atoms with Crippen molar-refractivity contribution in [3.63, 3.8) is 0 Å². The van der Waals surface area contributed by atoms with E-state index in [0.29, 0.717) is 13.0 Å². The highest BCUT2D eigenvalue weighted by molar-refractivity contribution is 7.91. The summed E-state index contributed by atoms with van der Waals surface area (Å²) in [7, 11) is -2.86. The first-order valence-electron chi connectivity index (χ1n) is 6.44. The molecule has 0 amide bonds. The van der Waals surface area contributed by atoms with Crippen molar-refractivity contribution in [2.45, 2.75) is 39.8 Å². The summed E-state index contributed by atoms with van der Waals surface area (Å²) in [4.78, 5) is 0. The molecule has 0 bridgehead atoms. The number of sulfone groups is 1. The van der Waals surface area contributed by atoms with Crippen LogP contribution < -0.4 is 5.32 Å². The second-order valence-electron chi connectivity index (χ2n) is 4.41. The second-order valence-corrected chi connectivity index (χ2v) is 6.88. The lowest BCUT2D eigenvalue weighted by atomic mass is 10.2. The van der Waals surface area contributed by atoms with Crippen molar-refractivity contribution in [1.29, 1.82) is 0 Å². The van der Waals surface area contributed by atoms with Crippen molar-refractivity contribution in [3.8, 4) is 0 Å². The Balaban J connectivity index is 2.45. The maximum atomic E-state index is 11.3. The third kappa shape index (κ3) is 4.78. The summed E-state index contributed by atoms with van der Waals surface area (Å²) < 4.78 is 24.5. The summed E-state index contributed by atoms with van der Waals surface area (Å²) >= 11 is 0. The summed E-state index contributed by atoms with van der Waals surface area (Å²) in [5, 5.41) is 7.56. The molecular weight excluding hydrogens is 250 g/mol. The van der Waals surface area contributed by atoms with Gasteiger partial charge in [0.05, 0.1) is 11.9 Å². The highest BCUT2D eigenvalue weighted by atomic mass is 32.2. The Kier molecular flexibility index (Phi) is 5.81. The molecular formula is C12H23N3O2S. The quantitative estimate of drug-likeness (QED) is 0.777. The van der Waals surface area contributed by atoms with E-state index in [1.165, 1.54) is 0 Å². The molecule has 1 atom stereocenters. The number of rotatable bonds is 8. The molecule has 0 aliphatic carbocycles. The molecule has 1 N–H and O–H groups in total. The first-order chi connectivity index (χ1) is 8.48. The molecule has 0 spiro atoms. The van der Waals surface area contributed by atoms with Gasteiger partial charge in [-0.1, -0.05) is 13.8 Å². The number of nitrogens with zero attached hydrogens (tertiary/aromatic N) is 2. The Morgan fingerprint density at radius 3 is 2.78 bits per heavy atom. The van der Waals surface area contributed by atoms with E-state index in [1.807, 2.05) is 17.1 Å². The average molecular weight is 273 g/mol. The van der Waals surface area contributed by atoms with E-state index in [0.717, 1.165) is 12.1 Å². The fraction of sp³-hybridized carbons (Fsp3) is 0.750. The van der Waals surface area contributed by atoms with Gasteiger partial charge in [0.1, 0.15) is 9.84 Å². The van der Waals surface area contributed by atoms with Gasteiger partial charge in [0.15, 0.2) is 0 Å². The molecule has 18 heavy (non-hydrogen) atoms. The molecule has 1 aromatic rings. The minimum absolute atomic E-state index is 0.217. The van der Waals surface area contributed by atoms with E-state index in [9.17, 15) is 8.42 Å². The maximum absolute atomic E-state index is 11.3. The van der Waals surface area contributed by atoms with Gasteiger partial charge in [-0.05, 0) is 19.9 Å². The van der Waals surface area contributed by atoms with Crippen molar-refractivity contribution in [3.05, 3.63) is 18.0 Å². The van der Waals surface area contributed by atoms with Crippen LogP contribution in [0.25, 0.3) is 0 Å². The van der Waals surface area contributed by atoms with E-state index < -0.39 is 9.84 Å². The Bertz CT molecular complexity index is 454. The monoisotopic (exact) mass is 273 g/mol. The topological polar surface area (TPSA) is 64.0 Å². The molecule has 1 aromatic heterocycles. The van der Waals surface area contributed by atoms with Crippen LogP contribution in [-0.2, 0) is 16.4 Å². The molecule has 0 saturated heterocycles. The summed E-state index contributed by atoms with van der Waals surface area (Å²) in [5.41, 5.74) is 1.13. The van der Waals surface area contributed by atoms with E-state index in [2.05, 4.69) is 24.3 Å². The van der Waals surface area contributed by atoms with Gasteiger partial charge < -0.3 is 5.32 Å². The van der Waals surface area contributed by atoms with Crippen LogP contribution in [0.15, 0.2) is 12.4 Å². The highest BCUT2D eigenvalue weighted by Gasteiger charge is 2.09. The van der Waals surface area contributed by atoms with Gasteiger partial charge in [-0.15, -0.1) is 0 Å². The lowest BCUT2D eigenvalue weighted by Crippen LogP contribution is -2.17. The molecule has 1 heterocycles. The largest absolute Gasteiger partial charge is 0.310 e. The van der Waals surface area contributed by atoms with Crippen LogP contribution in [0, 0.1) is 0 Å². The minimum Gasteiger partial charge on any atom is -0.310 e. The van der Waals surface area contributed by atoms with Gasteiger partial charge in [0, 0.05) is 30.1 Å². The number of aryl methyl sites for hydroxylation is 1. The molecule has 0 aromatic carbocycles. The first-order valence-corrected chi connectivity index (χ1v) is 8.26. The van der Waals surface area contributed by atoms with Crippen LogP contribution in [-0.4, -0.2) is 36.2 Å². The minimum atomic E-state index is -2.86. The standard InChI is InChI=1S/C12H23N3O2S/c1-4-13-11(3)12-9-14-15(10-12)7-6-8-18(16,17)5-2/h9-11,13H,4-8H2,1-3H3. The van der Waals surface area contributed by atoms with Crippen LogP contribution in [0.3, 0.4) is 0 Å². The first kappa shape index (κ1) is 15.2. The van der Waals surface area contributed by atoms with Crippen LogP contribution in [0.1, 0.15) is 38.8 Å². The molecule has 6 heteroatoms. The predicted octanol–water partition coefficient (Wildman–Crippen LogP) is 1.38. The molecule has 5 nitrogen and oxygen atoms in total. The summed E-state index contributed by atoms with van der Waals surface area (Å²) in [5.74, 6) is 0.455. The normalized spacial score (nSPS) is 13.7. The molecule has 0 aliphatic heterocycles. The zero-order valence-corrected chi connectivity index (χ0v) is 12.2. The van der Waals surface area contributed by atoms with Gasteiger partial charge in [-0.3, -0.25) is 4.68 Å². The fourth-order valence-corrected chi connectivity index (χ4v) is 2.60. The zero-order chi connectivity index (χ0) is 13.6. The molecule has 1 unspecified atom stereocenters. The highest BCUT2D eigenvalue weighted by Crippen LogP contribution is 2.10. The van der Waals surface area contributed by atoms with E-state index in [-0.39, 0.29) is 17.5 Å². The Morgan fingerprint density at radius 2 is 2.17 bits per heavy atom. The lowest BCUT2D eigenvalue weighted by Gasteiger charge is -2.08. The Morgan fingerprint density at radius 1 is 1.44 bits per heavy atom. The molecule has 0 fully saturated rings. The molecule has 104 valence electrons. The van der Waals surface area contributed by atoms with Gasteiger partial charge in [0.25, 0.3) is 0 Å². The van der Waals surface area contributed by atoms with Crippen LogP contribution in [0.5, 0.6) is 0 Å². The van der Waals surface area contributed by atoms with Gasteiger partial charge in [-0.25, -0.2) is 8.42 Å². The summed E-state index contributed by atoms with van der Waals surface area (Å²) in [6.45, 7) is 7.40. The lowest BCUT2D eigenvalue weighted by molar-refractivity contribution is 0.570. The van der Waals surface area contributed by atoms with E-state index >= 15 is 0 Å². The van der Waals surface area contributed by atoms with Crippen molar-refractivity contribution in [1.82, 2.24) is 15.1 Å². The van der Waals surface area contributed by atoms with Gasteiger partial charge in [-0.2, -0.15) is 5.10 Å². The Hall–Kier alpha value is -0.880. The number of hydrogen-bond acceptors (Lipinski definition) is 4. The van der Waals surface area contributed by atoms with Crippen LogP contribution in [0.4, 0.5) is 0 Å². The number of aromatic nitrogens is 2. The predicted molar refractivity (Wildman–Crippen MR) is 73.3 cm³/mol. The average Bonchev–Trinajstić information content (AvgIpc) is 2.78.